The summed E-state index contributed by atoms with van der Waals surface area (Å²) in [5.74, 6) is 1.43. The van der Waals surface area contributed by atoms with Gasteiger partial charge in [-0.1, -0.05) is 0 Å². The number of benzene rings is 1. The Labute approximate surface area is 155 Å². The van der Waals surface area contributed by atoms with E-state index in [1.165, 1.54) is 11.3 Å². The standard InChI is InChI=1S/C20H15N3O2S/c1-24-15-5-7-17(19(11-15)25-2)23-9-3-4-18(23)20-8-6-16(26-20)10-14(12-21)13-22/h3-11H,1-2H3. The Bertz CT molecular complexity index is 1030. The summed E-state index contributed by atoms with van der Waals surface area (Å²) in [4.78, 5) is 1.88. The van der Waals surface area contributed by atoms with Gasteiger partial charge in [-0.2, -0.15) is 10.5 Å². The van der Waals surface area contributed by atoms with Crippen molar-refractivity contribution in [3.05, 3.63) is 59.1 Å². The first-order valence-electron chi connectivity index (χ1n) is 7.72. The van der Waals surface area contributed by atoms with Crippen molar-refractivity contribution >= 4 is 17.4 Å². The van der Waals surface area contributed by atoms with E-state index >= 15 is 0 Å². The van der Waals surface area contributed by atoms with E-state index < -0.39 is 0 Å². The second kappa shape index (κ2) is 7.60. The molecular weight excluding hydrogens is 346 g/mol. The molecule has 5 nitrogen and oxygen atoms in total. The van der Waals surface area contributed by atoms with Gasteiger partial charge in [-0.3, -0.25) is 0 Å². The van der Waals surface area contributed by atoms with E-state index in [9.17, 15) is 0 Å². The third-order valence-electron chi connectivity index (χ3n) is 3.80. The predicted octanol–water partition coefficient (Wildman–Crippen LogP) is 4.65. The average Bonchev–Trinajstić information content (AvgIpc) is 3.34. The Hall–Kier alpha value is -3.48. The fraction of sp³-hybridized carbons (Fsp3) is 0.100. The molecule has 3 rings (SSSR count). The number of ether oxygens (including phenoxy) is 2. The summed E-state index contributed by atoms with van der Waals surface area (Å²) in [6.45, 7) is 0. The summed E-state index contributed by atoms with van der Waals surface area (Å²) < 4.78 is 12.8. The molecule has 2 aromatic heterocycles. The van der Waals surface area contributed by atoms with Crippen LogP contribution in [0.25, 0.3) is 22.3 Å². The molecule has 2 heterocycles. The first-order chi connectivity index (χ1) is 12.7. The van der Waals surface area contributed by atoms with Crippen molar-refractivity contribution < 1.29 is 9.47 Å². The van der Waals surface area contributed by atoms with E-state index in [0.717, 1.165) is 26.9 Å². The molecular formula is C20H15N3O2S. The van der Waals surface area contributed by atoms with Crippen LogP contribution in [0.3, 0.4) is 0 Å². The maximum Gasteiger partial charge on any atom is 0.146 e. The number of nitriles is 2. The van der Waals surface area contributed by atoms with Gasteiger partial charge in [0.1, 0.15) is 29.2 Å². The molecule has 0 spiro atoms. The highest BCUT2D eigenvalue weighted by Gasteiger charge is 2.13. The Kier molecular flexibility index (Phi) is 5.07. The van der Waals surface area contributed by atoms with Crippen LogP contribution in [0.4, 0.5) is 0 Å². The first-order valence-corrected chi connectivity index (χ1v) is 8.53. The van der Waals surface area contributed by atoms with E-state index in [2.05, 4.69) is 0 Å². The molecule has 0 saturated carbocycles. The second-order valence-electron chi connectivity index (χ2n) is 5.28. The maximum absolute atomic E-state index is 8.91. The fourth-order valence-corrected chi connectivity index (χ4v) is 3.55. The van der Waals surface area contributed by atoms with Crippen molar-refractivity contribution in [3.8, 4) is 39.9 Å². The Balaban J connectivity index is 2.04. The van der Waals surface area contributed by atoms with E-state index in [0.29, 0.717) is 5.75 Å². The van der Waals surface area contributed by atoms with Crippen molar-refractivity contribution in [1.82, 2.24) is 4.57 Å². The number of hydrogen-bond acceptors (Lipinski definition) is 5. The van der Waals surface area contributed by atoms with Crippen molar-refractivity contribution in [2.75, 3.05) is 14.2 Å². The van der Waals surface area contributed by atoms with Crippen molar-refractivity contribution in [3.63, 3.8) is 0 Å². The van der Waals surface area contributed by atoms with Gasteiger partial charge in [0, 0.05) is 17.1 Å². The Morgan fingerprint density at radius 1 is 1.08 bits per heavy atom. The van der Waals surface area contributed by atoms with Crippen LogP contribution < -0.4 is 9.47 Å². The number of rotatable bonds is 5. The quantitative estimate of drug-likeness (QED) is 0.620. The van der Waals surface area contributed by atoms with E-state index in [4.69, 9.17) is 20.0 Å². The van der Waals surface area contributed by atoms with Crippen LogP contribution in [-0.2, 0) is 0 Å². The molecule has 0 radical (unpaired) electrons. The van der Waals surface area contributed by atoms with E-state index in [-0.39, 0.29) is 5.57 Å². The van der Waals surface area contributed by atoms with Crippen LogP contribution >= 0.6 is 11.3 Å². The van der Waals surface area contributed by atoms with Crippen LogP contribution in [0.5, 0.6) is 11.5 Å². The van der Waals surface area contributed by atoms with Crippen LogP contribution in [0.15, 0.2) is 54.2 Å². The molecule has 0 aliphatic rings. The third kappa shape index (κ3) is 3.32. The summed E-state index contributed by atoms with van der Waals surface area (Å²) in [5.41, 5.74) is 1.98. The summed E-state index contributed by atoms with van der Waals surface area (Å²) in [7, 11) is 3.24. The molecule has 0 bridgehead atoms. The number of hydrogen-bond donors (Lipinski definition) is 0. The van der Waals surface area contributed by atoms with E-state index in [1.54, 1.807) is 20.3 Å². The van der Waals surface area contributed by atoms with Crippen molar-refractivity contribution in [2.24, 2.45) is 0 Å². The zero-order chi connectivity index (χ0) is 18.5. The summed E-state index contributed by atoms with van der Waals surface area (Å²) in [6.07, 6.45) is 3.56. The minimum absolute atomic E-state index is 0.0885. The van der Waals surface area contributed by atoms with Gasteiger partial charge >= 0.3 is 0 Å². The van der Waals surface area contributed by atoms with Crippen molar-refractivity contribution in [2.45, 2.75) is 0 Å². The second-order valence-corrected chi connectivity index (χ2v) is 6.40. The topological polar surface area (TPSA) is 71.0 Å². The molecule has 0 aliphatic heterocycles. The zero-order valence-corrected chi connectivity index (χ0v) is 15.1. The Morgan fingerprint density at radius 3 is 2.58 bits per heavy atom. The highest BCUT2D eigenvalue weighted by molar-refractivity contribution is 7.16. The molecule has 0 amide bonds. The van der Waals surface area contributed by atoms with Gasteiger partial charge < -0.3 is 14.0 Å². The number of methoxy groups -OCH3 is 2. The number of allylic oxidation sites excluding steroid dienone is 1. The number of aromatic nitrogens is 1. The fourth-order valence-electron chi connectivity index (χ4n) is 2.58. The summed E-state index contributed by atoms with van der Waals surface area (Å²) >= 11 is 1.51. The van der Waals surface area contributed by atoms with Gasteiger partial charge in [-0.15, -0.1) is 11.3 Å². The normalized spacial score (nSPS) is 9.85. The lowest BCUT2D eigenvalue weighted by Gasteiger charge is -2.13. The van der Waals surface area contributed by atoms with Crippen LogP contribution in [-0.4, -0.2) is 18.8 Å². The molecule has 0 unspecified atom stereocenters. The largest absolute Gasteiger partial charge is 0.497 e. The molecule has 0 saturated heterocycles. The molecule has 1 aromatic carbocycles. The van der Waals surface area contributed by atoms with Crippen LogP contribution in [0.2, 0.25) is 0 Å². The third-order valence-corrected chi connectivity index (χ3v) is 4.86. The lowest BCUT2D eigenvalue weighted by atomic mass is 10.2. The zero-order valence-electron chi connectivity index (χ0n) is 14.3. The molecule has 26 heavy (non-hydrogen) atoms. The molecule has 3 aromatic rings. The monoisotopic (exact) mass is 361 g/mol. The van der Waals surface area contributed by atoms with Crippen LogP contribution in [0, 0.1) is 22.7 Å². The van der Waals surface area contributed by atoms with Gasteiger partial charge in [0.25, 0.3) is 0 Å². The minimum atomic E-state index is 0.0885. The number of nitrogens with zero attached hydrogens (tertiary/aromatic N) is 3. The summed E-state index contributed by atoms with van der Waals surface area (Å²) in [6, 6.07) is 17.3. The molecule has 0 fully saturated rings. The lowest BCUT2D eigenvalue weighted by molar-refractivity contribution is 0.393. The smallest absolute Gasteiger partial charge is 0.146 e. The van der Waals surface area contributed by atoms with Gasteiger partial charge in [0.05, 0.1) is 30.5 Å². The molecule has 6 heteroatoms. The molecule has 0 atom stereocenters. The van der Waals surface area contributed by atoms with Gasteiger partial charge in [-0.25, -0.2) is 0 Å². The highest BCUT2D eigenvalue weighted by Crippen LogP contribution is 2.35. The molecule has 128 valence electrons. The van der Waals surface area contributed by atoms with Gasteiger partial charge in [0.15, 0.2) is 0 Å². The Morgan fingerprint density at radius 2 is 1.88 bits per heavy atom. The highest BCUT2D eigenvalue weighted by atomic mass is 32.1. The summed E-state index contributed by atoms with van der Waals surface area (Å²) in [5, 5.41) is 17.8. The van der Waals surface area contributed by atoms with Gasteiger partial charge in [0.2, 0.25) is 0 Å². The van der Waals surface area contributed by atoms with Crippen LogP contribution in [0.1, 0.15) is 4.88 Å². The first kappa shape index (κ1) is 17.3. The molecule has 0 N–H and O–H groups in total. The maximum atomic E-state index is 8.91. The lowest BCUT2D eigenvalue weighted by Crippen LogP contribution is -1.98. The average molecular weight is 361 g/mol. The SMILES string of the molecule is COc1ccc(-n2cccc2-c2ccc(C=C(C#N)C#N)s2)c(OC)c1. The van der Waals surface area contributed by atoms with E-state index in [1.807, 2.05) is 65.4 Å². The molecule has 0 aliphatic carbocycles. The number of thiophene rings is 1. The van der Waals surface area contributed by atoms with Gasteiger partial charge in [-0.05, 0) is 42.5 Å². The van der Waals surface area contributed by atoms with Crippen molar-refractivity contribution in [1.29, 1.82) is 10.5 Å². The predicted molar refractivity (Wildman–Crippen MR) is 101 cm³/mol. The minimum Gasteiger partial charge on any atom is -0.497 e.